The minimum absolute atomic E-state index is 0.0278. The quantitative estimate of drug-likeness (QED) is 0.703. The Hall–Kier alpha value is -1.00. The van der Waals surface area contributed by atoms with Crippen LogP contribution in [0.4, 0.5) is 0 Å². The van der Waals surface area contributed by atoms with Crippen LogP contribution in [-0.2, 0) is 11.3 Å². The molecule has 1 N–H and O–H groups in total. The van der Waals surface area contributed by atoms with Crippen molar-refractivity contribution in [2.24, 2.45) is 0 Å². The minimum Gasteiger partial charge on any atom is -0.371 e. The molecule has 20 heavy (non-hydrogen) atoms. The van der Waals surface area contributed by atoms with Gasteiger partial charge < -0.3 is 10.1 Å². The van der Waals surface area contributed by atoms with Crippen molar-refractivity contribution in [3.05, 3.63) is 22.8 Å². The second-order valence-corrected chi connectivity index (χ2v) is 5.14. The number of hydrogen-bond donors (Lipinski definition) is 1. The van der Waals surface area contributed by atoms with Gasteiger partial charge in [-0.25, -0.2) is 9.97 Å². The SMILES string of the molecule is CCCNCc1c(C)nc(C(CCC)OCC)nc1C. The molecule has 0 aliphatic carbocycles. The van der Waals surface area contributed by atoms with Gasteiger partial charge in [0.2, 0.25) is 0 Å². The molecule has 0 saturated carbocycles. The van der Waals surface area contributed by atoms with E-state index in [1.54, 1.807) is 0 Å². The van der Waals surface area contributed by atoms with Crippen molar-refractivity contribution in [1.82, 2.24) is 15.3 Å². The van der Waals surface area contributed by atoms with Crippen LogP contribution in [0, 0.1) is 13.8 Å². The van der Waals surface area contributed by atoms with E-state index in [-0.39, 0.29) is 6.10 Å². The van der Waals surface area contributed by atoms with Crippen molar-refractivity contribution in [2.75, 3.05) is 13.2 Å². The highest BCUT2D eigenvalue weighted by atomic mass is 16.5. The van der Waals surface area contributed by atoms with Crippen molar-refractivity contribution in [3.8, 4) is 0 Å². The number of nitrogens with zero attached hydrogens (tertiary/aromatic N) is 2. The first kappa shape index (κ1) is 17.1. The summed E-state index contributed by atoms with van der Waals surface area (Å²) in [6, 6.07) is 0. The van der Waals surface area contributed by atoms with Crippen molar-refractivity contribution in [1.29, 1.82) is 0 Å². The molecule has 0 amide bonds. The Labute approximate surface area is 123 Å². The number of rotatable bonds is 9. The van der Waals surface area contributed by atoms with E-state index in [2.05, 4.69) is 43.0 Å². The summed E-state index contributed by atoms with van der Waals surface area (Å²) in [6.07, 6.45) is 3.21. The fraction of sp³-hybridized carbons (Fsp3) is 0.750. The molecule has 0 aliphatic rings. The number of nitrogens with one attached hydrogen (secondary N) is 1. The van der Waals surface area contributed by atoms with Gasteiger partial charge in [-0.05, 0) is 40.2 Å². The molecular weight excluding hydrogens is 250 g/mol. The summed E-state index contributed by atoms with van der Waals surface area (Å²) in [7, 11) is 0. The molecule has 1 aromatic rings. The van der Waals surface area contributed by atoms with Gasteiger partial charge in [-0.1, -0.05) is 20.3 Å². The summed E-state index contributed by atoms with van der Waals surface area (Å²) < 4.78 is 5.78. The number of aromatic nitrogens is 2. The Bertz CT molecular complexity index is 378. The first-order valence-electron chi connectivity index (χ1n) is 7.80. The fourth-order valence-corrected chi connectivity index (χ4v) is 2.31. The lowest BCUT2D eigenvalue weighted by molar-refractivity contribution is 0.0491. The third kappa shape index (κ3) is 4.84. The maximum atomic E-state index is 5.78. The Kier molecular flexibility index (Phi) is 7.70. The zero-order valence-electron chi connectivity index (χ0n) is 13.6. The summed E-state index contributed by atoms with van der Waals surface area (Å²) in [5.41, 5.74) is 3.35. The molecule has 4 nitrogen and oxygen atoms in total. The standard InChI is InChI=1S/C16H29N3O/c1-6-9-15(20-8-3)16-18-12(4)14(13(5)19-16)11-17-10-7-2/h15,17H,6-11H2,1-5H3. The predicted molar refractivity (Wildman–Crippen MR) is 82.8 cm³/mol. The maximum absolute atomic E-state index is 5.78. The van der Waals surface area contributed by atoms with E-state index >= 15 is 0 Å². The highest BCUT2D eigenvalue weighted by molar-refractivity contribution is 5.24. The summed E-state index contributed by atoms with van der Waals surface area (Å²) in [4.78, 5) is 9.35. The van der Waals surface area contributed by atoms with Crippen molar-refractivity contribution < 1.29 is 4.74 Å². The van der Waals surface area contributed by atoms with Crippen LogP contribution in [-0.4, -0.2) is 23.1 Å². The molecule has 114 valence electrons. The van der Waals surface area contributed by atoms with E-state index in [9.17, 15) is 0 Å². The molecule has 0 fully saturated rings. The zero-order valence-corrected chi connectivity index (χ0v) is 13.6. The molecule has 0 bridgehead atoms. The highest BCUT2D eigenvalue weighted by Crippen LogP contribution is 2.21. The van der Waals surface area contributed by atoms with Crippen molar-refractivity contribution in [2.45, 2.75) is 66.5 Å². The molecule has 1 atom stereocenters. The fourth-order valence-electron chi connectivity index (χ4n) is 2.31. The molecule has 4 heteroatoms. The van der Waals surface area contributed by atoms with Crippen molar-refractivity contribution >= 4 is 0 Å². The van der Waals surface area contributed by atoms with Gasteiger partial charge in [0.05, 0.1) is 0 Å². The van der Waals surface area contributed by atoms with Crippen LogP contribution in [0.3, 0.4) is 0 Å². The summed E-state index contributed by atoms with van der Waals surface area (Å²) in [5.74, 6) is 0.836. The molecule has 1 heterocycles. The number of hydrogen-bond acceptors (Lipinski definition) is 4. The van der Waals surface area contributed by atoms with E-state index < -0.39 is 0 Å². The Balaban J connectivity index is 2.90. The molecular formula is C16H29N3O. The predicted octanol–water partition coefficient (Wildman–Crippen LogP) is 3.47. The van der Waals surface area contributed by atoms with Gasteiger partial charge in [0.1, 0.15) is 6.10 Å². The smallest absolute Gasteiger partial charge is 0.157 e. The van der Waals surface area contributed by atoms with Gasteiger partial charge >= 0.3 is 0 Å². The third-order valence-corrected chi connectivity index (χ3v) is 3.37. The van der Waals surface area contributed by atoms with Crippen LogP contribution in [0.2, 0.25) is 0 Å². The third-order valence-electron chi connectivity index (χ3n) is 3.37. The van der Waals surface area contributed by atoms with Crippen LogP contribution in [0.25, 0.3) is 0 Å². The first-order valence-corrected chi connectivity index (χ1v) is 7.80. The first-order chi connectivity index (χ1) is 9.63. The average molecular weight is 279 g/mol. The summed E-state index contributed by atoms with van der Waals surface area (Å²) in [6.45, 7) is 13.1. The lowest BCUT2D eigenvalue weighted by Gasteiger charge is -2.18. The van der Waals surface area contributed by atoms with Crippen LogP contribution >= 0.6 is 0 Å². The van der Waals surface area contributed by atoms with E-state index in [0.717, 1.165) is 49.6 Å². The Morgan fingerprint density at radius 2 is 1.70 bits per heavy atom. The highest BCUT2D eigenvalue weighted by Gasteiger charge is 2.16. The molecule has 0 radical (unpaired) electrons. The monoisotopic (exact) mass is 279 g/mol. The van der Waals surface area contributed by atoms with Gasteiger partial charge in [-0.15, -0.1) is 0 Å². The van der Waals surface area contributed by atoms with Gasteiger partial charge in [-0.3, -0.25) is 0 Å². The molecule has 0 aromatic carbocycles. The van der Waals surface area contributed by atoms with Crippen molar-refractivity contribution in [3.63, 3.8) is 0 Å². The van der Waals surface area contributed by atoms with E-state index in [1.165, 1.54) is 5.56 Å². The molecule has 0 aliphatic heterocycles. The second kappa shape index (κ2) is 9.03. The lowest BCUT2D eigenvalue weighted by atomic mass is 10.1. The topological polar surface area (TPSA) is 47.0 Å². The lowest BCUT2D eigenvalue weighted by Crippen LogP contribution is -2.18. The normalized spacial score (nSPS) is 12.7. The second-order valence-electron chi connectivity index (χ2n) is 5.14. The summed E-state index contributed by atoms with van der Waals surface area (Å²) in [5, 5.41) is 3.42. The molecule has 1 unspecified atom stereocenters. The number of aryl methyl sites for hydroxylation is 2. The minimum atomic E-state index is 0.0278. The Morgan fingerprint density at radius 3 is 2.20 bits per heavy atom. The molecule has 1 aromatic heterocycles. The van der Waals surface area contributed by atoms with Gasteiger partial charge in [0.15, 0.2) is 5.82 Å². The van der Waals surface area contributed by atoms with E-state index in [0.29, 0.717) is 6.61 Å². The van der Waals surface area contributed by atoms with E-state index in [4.69, 9.17) is 4.74 Å². The number of ether oxygens (including phenoxy) is 1. The van der Waals surface area contributed by atoms with Crippen LogP contribution in [0.15, 0.2) is 0 Å². The average Bonchev–Trinajstić information content (AvgIpc) is 2.41. The molecule has 0 saturated heterocycles. The molecule has 1 rings (SSSR count). The molecule has 0 spiro atoms. The van der Waals surface area contributed by atoms with Crippen LogP contribution < -0.4 is 5.32 Å². The van der Waals surface area contributed by atoms with Crippen LogP contribution in [0.5, 0.6) is 0 Å². The Morgan fingerprint density at radius 1 is 1.05 bits per heavy atom. The van der Waals surface area contributed by atoms with Crippen LogP contribution in [0.1, 0.15) is 68.9 Å². The summed E-state index contributed by atoms with van der Waals surface area (Å²) >= 11 is 0. The zero-order chi connectivity index (χ0) is 15.0. The largest absolute Gasteiger partial charge is 0.371 e. The van der Waals surface area contributed by atoms with Gasteiger partial charge in [0, 0.05) is 30.1 Å². The van der Waals surface area contributed by atoms with Gasteiger partial charge in [-0.2, -0.15) is 0 Å². The maximum Gasteiger partial charge on any atom is 0.157 e. The van der Waals surface area contributed by atoms with E-state index in [1.807, 2.05) is 6.92 Å². The van der Waals surface area contributed by atoms with Gasteiger partial charge in [0.25, 0.3) is 0 Å².